The van der Waals surface area contributed by atoms with Gasteiger partial charge in [0.15, 0.2) is 0 Å². The average molecular weight is 291 g/mol. The van der Waals surface area contributed by atoms with Gasteiger partial charge in [0.2, 0.25) is 0 Å². The summed E-state index contributed by atoms with van der Waals surface area (Å²) < 4.78 is 2.05. The van der Waals surface area contributed by atoms with E-state index in [4.69, 9.17) is 17.3 Å². The van der Waals surface area contributed by atoms with Gasteiger partial charge in [0, 0.05) is 43.6 Å². The lowest BCUT2D eigenvalue weighted by atomic mass is 10.0. The van der Waals surface area contributed by atoms with Crippen LogP contribution in [0.2, 0.25) is 5.02 Å². The molecule has 3 rings (SSSR count). The predicted molar refractivity (Wildman–Crippen MR) is 80.4 cm³/mol. The van der Waals surface area contributed by atoms with Gasteiger partial charge in [-0.2, -0.15) is 0 Å². The minimum Gasteiger partial charge on any atom is -0.337 e. The van der Waals surface area contributed by atoms with E-state index >= 15 is 0 Å². The Balaban J connectivity index is 1.92. The fraction of sp³-hybridized carbons (Fsp3) is 0.400. The number of nitrogens with zero attached hydrogens (tertiary/aromatic N) is 3. The van der Waals surface area contributed by atoms with E-state index in [-0.39, 0.29) is 6.04 Å². The number of imidazole rings is 1. The lowest BCUT2D eigenvalue weighted by molar-refractivity contribution is 0.203. The van der Waals surface area contributed by atoms with Crippen molar-refractivity contribution in [2.75, 3.05) is 6.54 Å². The van der Waals surface area contributed by atoms with Crippen LogP contribution < -0.4 is 5.73 Å². The number of aryl methyl sites for hydroxylation is 1. The molecule has 1 unspecified atom stereocenters. The largest absolute Gasteiger partial charge is 0.337 e. The van der Waals surface area contributed by atoms with Crippen LogP contribution in [-0.2, 0) is 20.1 Å². The van der Waals surface area contributed by atoms with Gasteiger partial charge in [-0.1, -0.05) is 17.7 Å². The van der Waals surface area contributed by atoms with Crippen LogP contribution in [0, 0.1) is 6.92 Å². The molecule has 20 heavy (non-hydrogen) atoms. The highest BCUT2D eigenvalue weighted by Gasteiger charge is 2.31. The average Bonchev–Trinajstić information content (AvgIpc) is 2.99. The summed E-state index contributed by atoms with van der Waals surface area (Å²) in [6.45, 7) is 4.38. The molecule has 0 fully saturated rings. The van der Waals surface area contributed by atoms with Crippen molar-refractivity contribution in [2.45, 2.75) is 26.1 Å². The number of benzene rings is 1. The van der Waals surface area contributed by atoms with E-state index < -0.39 is 0 Å². The van der Waals surface area contributed by atoms with Gasteiger partial charge in [0.25, 0.3) is 0 Å². The molecule has 106 valence electrons. The molecule has 1 atom stereocenters. The summed E-state index contributed by atoms with van der Waals surface area (Å²) >= 11 is 6.23. The SMILES string of the molecule is Cc1c(Cl)ccc2c1CN(Cc1nccn1C)C2CN. The fourth-order valence-electron chi connectivity index (χ4n) is 2.95. The maximum Gasteiger partial charge on any atom is 0.122 e. The number of fused-ring (bicyclic) bond motifs is 1. The summed E-state index contributed by atoms with van der Waals surface area (Å²) in [5, 5.41) is 0.832. The molecule has 0 spiro atoms. The normalized spacial score (nSPS) is 18.5. The molecule has 0 radical (unpaired) electrons. The van der Waals surface area contributed by atoms with E-state index in [1.54, 1.807) is 0 Å². The topological polar surface area (TPSA) is 47.1 Å². The quantitative estimate of drug-likeness (QED) is 0.944. The molecule has 2 heterocycles. The highest BCUT2D eigenvalue weighted by molar-refractivity contribution is 6.31. The first-order chi connectivity index (χ1) is 9.61. The van der Waals surface area contributed by atoms with Gasteiger partial charge >= 0.3 is 0 Å². The van der Waals surface area contributed by atoms with Crippen LogP contribution in [0.4, 0.5) is 0 Å². The molecule has 2 aromatic rings. The lowest BCUT2D eigenvalue weighted by Crippen LogP contribution is -2.28. The highest BCUT2D eigenvalue weighted by Crippen LogP contribution is 2.37. The van der Waals surface area contributed by atoms with Crippen molar-refractivity contribution in [3.63, 3.8) is 0 Å². The maximum atomic E-state index is 6.23. The standard InChI is InChI=1S/C15H19ClN4/c1-10-12-8-20(9-15-18-5-6-19(15)2)14(7-17)11(12)3-4-13(10)16/h3-6,14H,7-9,17H2,1-2H3. The minimum atomic E-state index is 0.248. The maximum absolute atomic E-state index is 6.23. The van der Waals surface area contributed by atoms with Crippen molar-refractivity contribution in [3.05, 3.63) is 52.1 Å². The Morgan fingerprint density at radius 2 is 2.25 bits per heavy atom. The minimum absolute atomic E-state index is 0.248. The van der Waals surface area contributed by atoms with E-state index in [1.165, 1.54) is 16.7 Å². The Morgan fingerprint density at radius 3 is 2.90 bits per heavy atom. The Kier molecular flexibility index (Phi) is 3.54. The van der Waals surface area contributed by atoms with E-state index in [2.05, 4.69) is 27.4 Å². The molecule has 1 aliphatic heterocycles. The second-order valence-electron chi connectivity index (χ2n) is 5.35. The molecule has 0 saturated carbocycles. The first-order valence-electron chi connectivity index (χ1n) is 6.80. The summed E-state index contributed by atoms with van der Waals surface area (Å²) in [5.41, 5.74) is 9.79. The van der Waals surface area contributed by atoms with Crippen LogP contribution in [0.15, 0.2) is 24.5 Å². The van der Waals surface area contributed by atoms with Crippen molar-refractivity contribution in [1.82, 2.24) is 14.5 Å². The zero-order valence-electron chi connectivity index (χ0n) is 11.8. The van der Waals surface area contributed by atoms with Gasteiger partial charge in [0.1, 0.15) is 5.82 Å². The van der Waals surface area contributed by atoms with Gasteiger partial charge in [-0.15, -0.1) is 0 Å². The molecular formula is C15H19ClN4. The number of rotatable bonds is 3. The molecule has 0 bridgehead atoms. The number of hydrogen-bond donors (Lipinski definition) is 1. The lowest BCUT2D eigenvalue weighted by Gasteiger charge is -2.23. The van der Waals surface area contributed by atoms with E-state index in [0.717, 1.165) is 23.9 Å². The zero-order chi connectivity index (χ0) is 14.3. The van der Waals surface area contributed by atoms with Gasteiger partial charge in [-0.3, -0.25) is 4.90 Å². The third kappa shape index (κ3) is 2.14. The van der Waals surface area contributed by atoms with Crippen molar-refractivity contribution >= 4 is 11.6 Å². The van der Waals surface area contributed by atoms with E-state index in [9.17, 15) is 0 Å². The molecular weight excluding hydrogens is 272 g/mol. The van der Waals surface area contributed by atoms with Crippen molar-refractivity contribution in [1.29, 1.82) is 0 Å². The first-order valence-corrected chi connectivity index (χ1v) is 7.17. The van der Waals surface area contributed by atoms with Gasteiger partial charge < -0.3 is 10.3 Å². The van der Waals surface area contributed by atoms with Crippen LogP contribution in [0.1, 0.15) is 28.6 Å². The number of halogens is 1. The number of aromatic nitrogens is 2. The molecule has 4 nitrogen and oxygen atoms in total. The van der Waals surface area contributed by atoms with Gasteiger partial charge in [-0.25, -0.2) is 4.98 Å². The van der Waals surface area contributed by atoms with Crippen LogP contribution in [0.25, 0.3) is 0 Å². The first kappa shape index (κ1) is 13.6. The molecule has 0 aliphatic carbocycles. The van der Waals surface area contributed by atoms with Crippen molar-refractivity contribution < 1.29 is 0 Å². The summed E-state index contributed by atoms with van der Waals surface area (Å²) in [7, 11) is 2.02. The summed E-state index contributed by atoms with van der Waals surface area (Å²) in [6, 6.07) is 4.33. The fourth-order valence-corrected chi connectivity index (χ4v) is 3.13. The van der Waals surface area contributed by atoms with Gasteiger partial charge in [-0.05, 0) is 29.7 Å². The van der Waals surface area contributed by atoms with Crippen LogP contribution in [0.3, 0.4) is 0 Å². The molecule has 1 aliphatic rings. The molecule has 5 heteroatoms. The van der Waals surface area contributed by atoms with Crippen molar-refractivity contribution in [3.8, 4) is 0 Å². The Labute approximate surface area is 124 Å². The third-order valence-corrected chi connectivity index (χ3v) is 4.63. The summed E-state index contributed by atoms with van der Waals surface area (Å²) in [5.74, 6) is 1.06. The highest BCUT2D eigenvalue weighted by atomic mass is 35.5. The van der Waals surface area contributed by atoms with Crippen LogP contribution in [-0.4, -0.2) is 21.0 Å². The smallest absolute Gasteiger partial charge is 0.122 e. The predicted octanol–water partition coefficient (Wildman–Crippen LogP) is 2.40. The number of nitrogens with two attached hydrogens (primary N) is 1. The van der Waals surface area contributed by atoms with Crippen molar-refractivity contribution in [2.24, 2.45) is 12.8 Å². The molecule has 2 N–H and O–H groups in total. The van der Waals surface area contributed by atoms with Crippen LogP contribution in [0.5, 0.6) is 0 Å². The third-order valence-electron chi connectivity index (χ3n) is 4.22. The Hall–Kier alpha value is -1.36. The second-order valence-corrected chi connectivity index (χ2v) is 5.76. The van der Waals surface area contributed by atoms with Crippen LogP contribution >= 0.6 is 11.6 Å². The Morgan fingerprint density at radius 1 is 1.45 bits per heavy atom. The monoisotopic (exact) mass is 290 g/mol. The zero-order valence-corrected chi connectivity index (χ0v) is 12.6. The molecule has 1 aromatic heterocycles. The summed E-state index contributed by atoms with van der Waals surface area (Å²) in [4.78, 5) is 6.78. The summed E-state index contributed by atoms with van der Waals surface area (Å²) in [6.07, 6.45) is 3.80. The van der Waals surface area contributed by atoms with E-state index in [0.29, 0.717) is 6.54 Å². The molecule has 0 saturated heterocycles. The van der Waals surface area contributed by atoms with Gasteiger partial charge in [0.05, 0.1) is 6.54 Å². The molecule has 0 amide bonds. The second kappa shape index (κ2) is 5.20. The van der Waals surface area contributed by atoms with E-state index in [1.807, 2.05) is 25.5 Å². The Bertz CT molecular complexity index is 635. The molecule has 1 aromatic carbocycles. The number of hydrogen-bond acceptors (Lipinski definition) is 3.